The van der Waals surface area contributed by atoms with Gasteiger partial charge in [-0.15, -0.1) is 0 Å². The van der Waals surface area contributed by atoms with E-state index in [1.165, 1.54) is 23.8 Å². The molecule has 2 heterocycles. The lowest BCUT2D eigenvalue weighted by atomic mass is 9.90. The molecule has 2 aromatic rings. The van der Waals surface area contributed by atoms with Crippen LogP contribution in [0.4, 0.5) is 14.5 Å². The first-order valence-electron chi connectivity index (χ1n) is 10.3. The fraction of sp³-hybridized carbons (Fsp3) is 0.478. The van der Waals surface area contributed by atoms with Crippen molar-refractivity contribution in [1.29, 1.82) is 0 Å². The molecule has 0 aliphatic carbocycles. The summed E-state index contributed by atoms with van der Waals surface area (Å²) >= 11 is 0. The number of aliphatic hydroxyl groups is 1. The minimum absolute atomic E-state index is 0.0976. The van der Waals surface area contributed by atoms with E-state index >= 15 is 0 Å². The zero-order valence-electron chi connectivity index (χ0n) is 16.7. The molecular weight excluding hydrogens is 374 g/mol. The van der Waals surface area contributed by atoms with Crippen molar-refractivity contribution < 1.29 is 18.6 Å². The average Bonchev–Trinajstić information content (AvgIpc) is 2.70. The van der Waals surface area contributed by atoms with Crippen LogP contribution in [-0.4, -0.2) is 49.6 Å². The molecule has 2 aliphatic heterocycles. The van der Waals surface area contributed by atoms with Crippen molar-refractivity contribution in [3.63, 3.8) is 0 Å². The van der Waals surface area contributed by atoms with Gasteiger partial charge in [-0.3, -0.25) is 4.90 Å². The van der Waals surface area contributed by atoms with Gasteiger partial charge in [-0.25, -0.2) is 8.78 Å². The van der Waals surface area contributed by atoms with Gasteiger partial charge in [-0.05, 0) is 55.8 Å². The highest BCUT2D eigenvalue weighted by atomic mass is 19.1. The van der Waals surface area contributed by atoms with Crippen molar-refractivity contribution in [2.24, 2.45) is 5.92 Å². The second kappa shape index (κ2) is 8.78. The molecule has 0 aromatic heterocycles. The Labute approximate surface area is 170 Å². The summed E-state index contributed by atoms with van der Waals surface area (Å²) in [5.74, 6) is -0.782. The first-order valence-corrected chi connectivity index (χ1v) is 10.3. The molecule has 0 saturated carbocycles. The molecule has 0 amide bonds. The molecule has 29 heavy (non-hydrogen) atoms. The highest BCUT2D eigenvalue weighted by Gasteiger charge is 2.32. The Morgan fingerprint density at radius 3 is 2.24 bits per heavy atom. The van der Waals surface area contributed by atoms with Crippen LogP contribution in [0.5, 0.6) is 0 Å². The van der Waals surface area contributed by atoms with Crippen molar-refractivity contribution in [1.82, 2.24) is 4.90 Å². The van der Waals surface area contributed by atoms with Gasteiger partial charge in [0.2, 0.25) is 0 Å². The van der Waals surface area contributed by atoms with Gasteiger partial charge in [0, 0.05) is 49.8 Å². The number of methoxy groups -OCH3 is 1. The van der Waals surface area contributed by atoms with Crippen LogP contribution in [0.1, 0.15) is 29.9 Å². The molecule has 2 fully saturated rings. The Kier molecular flexibility index (Phi) is 6.13. The highest BCUT2D eigenvalue weighted by Crippen LogP contribution is 2.34. The maximum Gasteiger partial charge on any atom is 0.157 e. The van der Waals surface area contributed by atoms with Crippen molar-refractivity contribution in [3.05, 3.63) is 65.2 Å². The summed E-state index contributed by atoms with van der Waals surface area (Å²) in [6, 6.07) is 12.5. The number of hydrogen-bond acceptors (Lipinski definition) is 4. The summed E-state index contributed by atoms with van der Waals surface area (Å²) in [5, 5.41) is 9.80. The molecule has 1 unspecified atom stereocenters. The molecule has 0 spiro atoms. The number of halogens is 2. The summed E-state index contributed by atoms with van der Waals surface area (Å²) in [7, 11) is 1.55. The van der Waals surface area contributed by atoms with Crippen molar-refractivity contribution in [2.45, 2.75) is 31.6 Å². The number of aliphatic hydroxyl groups excluding tert-OH is 1. The van der Waals surface area contributed by atoms with Gasteiger partial charge in [0.15, 0.2) is 6.29 Å². The van der Waals surface area contributed by atoms with Crippen LogP contribution < -0.4 is 4.90 Å². The van der Waals surface area contributed by atoms with Gasteiger partial charge in [-0.2, -0.15) is 0 Å². The second-order valence-corrected chi connectivity index (χ2v) is 8.14. The SMILES string of the molecule is COC(O)C1CCN(Cc2ccc(N3CC(c4c(F)cccc4F)C3)cc2)CC1. The quantitative estimate of drug-likeness (QED) is 0.747. The lowest BCUT2D eigenvalue weighted by molar-refractivity contribution is -0.124. The van der Waals surface area contributed by atoms with E-state index in [1.54, 1.807) is 7.11 Å². The minimum Gasteiger partial charge on any atom is -0.370 e. The molecule has 156 valence electrons. The van der Waals surface area contributed by atoms with Gasteiger partial charge in [-0.1, -0.05) is 18.2 Å². The van der Waals surface area contributed by atoms with E-state index in [9.17, 15) is 13.9 Å². The molecule has 2 saturated heterocycles. The zero-order valence-corrected chi connectivity index (χ0v) is 16.7. The Morgan fingerprint density at radius 2 is 1.66 bits per heavy atom. The van der Waals surface area contributed by atoms with Crippen LogP contribution in [0, 0.1) is 17.6 Å². The van der Waals surface area contributed by atoms with Crippen LogP contribution >= 0.6 is 0 Å². The number of nitrogens with zero attached hydrogens (tertiary/aromatic N) is 2. The lowest BCUT2D eigenvalue weighted by Gasteiger charge is -2.41. The molecule has 4 nitrogen and oxygen atoms in total. The highest BCUT2D eigenvalue weighted by molar-refractivity contribution is 5.52. The zero-order chi connectivity index (χ0) is 20.4. The van der Waals surface area contributed by atoms with E-state index in [-0.39, 0.29) is 17.4 Å². The van der Waals surface area contributed by atoms with E-state index in [0.717, 1.165) is 38.2 Å². The minimum atomic E-state index is -0.658. The first kappa shape index (κ1) is 20.3. The fourth-order valence-electron chi connectivity index (χ4n) is 4.43. The van der Waals surface area contributed by atoms with E-state index in [1.807, 2.05) is 0 Å². The standard InChI is InChI=1S/C23H28F2N2O2/c1-29-23(28)17-9-11-26(12-10-17)13-16-5-7-19(8-6-16)27-14-18(15-27)22-20(24)3-2-4-21(22)25/h2-8,17-18,23,28H,9-15H2,1H3. The normalized spacial score (nSPS) is 19.9. The summed E-state index contributed by atoms with van der Waals surface area (Å²) in [5.41, 5.74) is 2.54. The van der Waals surface area contributed by atoms with Gasteiger partial charge >= 0.3 is 0 Å². The third-order valence-electron chi connectivity index (χ3n) is 6.27. The number of likely N-dealkylation sites (tertiary alicyclic amines) is 1. The van der Waals surface area contributed by atoms with Crippen LogP contribution in [0.15, 0.2) is 42.5 Å². The van der Waals surface area contributed by atoms with Crippen LogP contribution in [0.25, 0.3) is 0 Å². The number of anilines is 1. The number of rotatable bonds is 6. The van der Waals surface area contributed by atoms with E-state index < -0.39 is 17.9 Å². The predicted octanol–water partition coefficient (Wildman–Crippen LogP) is 3.75. The van der Waals surface area contributed by atoms with E-state index in [2.05, 4.69) is 34.1 Å². The van der Waals surface area contributed by atoms with Crippen LogP contribution in [-0.2, 0) is 11.3 Å². The summed E-state index contributed by atoms with van der Waals surface area (Å²) in [6.45, 7) is 4.06. The molecule has 6 heteroatoms. The molecule has 0 radical (unpaired) electrons. The monoisotopic (exact) mass is 402 g/mol. The van der Waals surface area contributed by atoms with E-state index in [4.69, 9.17) is 4.74 Å². The fourth-order valence-corrected chi connectivity index (χ4v) is 4.43. The Bertz CT molecular complexity index is 796. The maximum absolute atomic E-state index is 13.9. The van der Waals surface area contributed by atoms with Gasteiger partial charge in [0.25, 0.3) is 0 Å². The second-order valence-electron chi connectivity index (χ2n) is 8.14. The Hall–Kier alpha value is -2.02. The Balaban J connectivity index is 1.29. The van der Waals surface area contributed by atoms with Crippen molar-refractivity contribution >= 4 is 5.69 Å². The maximum atomic E-state index is 13.9. The largest absolute Gasteiger partial charge is 0.370 e. The number of ether oxygens (including phenoxy) is 1. The summed E-state index contributed by atoms with van der Waals surface area (Å²) in [4.78, 5) is 4.55. The predicted molar refractivity (Wildman–Crippen MR) is 109 cm³/mol. The van der Waals surface area contributed by atoms with Gasteiger partial charge < -0.3 is 14.7 Å². The topological polar surface area (TPSA) is 35.9 Å². The third kappa shape index (κ3) is 4.44. The molecule has 1 N–H and O–H groups in total. The van der Waals surface area contributed by atoms with E-state index in [0.29, 0.717) is 13.1 Å². The first-order chi connectivity index (χ1) is 14.0. The van der Waals surface area contributed by atoms with Gasteiger partial charge in [0.1, 0.15) is 11.6 Å². The molecule has 2 aliphatic rings. The summed E-state index contributed by atoms with van der Waals surface area (Å²) < 4.78 is 32.9. The van der Waals surface area contributed by atoms with Crippen LogP contribution in [0.2, 0.25) is 0 Å². The molecular formula is C23H28F2N2O2. The average molecular weight is 402 g/mol. The van der Waals surface area contributed by atoms with Crippen LogP contribution in [0.3, 0.4) is 0 Å². The molecule has 1 atom stereocenters. The summed E-state index contributed by atoms with van der Waals surface area (Å²) in [6.07, 6.45) is 1.22. The van der Waals surface area contributed by atoms with Crippen molar-refractivity contribution in [3.8, 4) is 0 Å². The number of piperidine rings is 1. The number of benzene rings is 2. The van der Waals surface area contributed by atoms with Crippen molar-refractivity contribution in [2.75, 3.05) is 38.2 Å². The lowest BCUT2D eigenvalue weighted by Crippen LogP contribution is -2.45. The number of hydrogen-bond donors (Lipinski definition) is 1. The molecule has 2 aromatic carbocycles. The third-order valence-corrected chi connectivity index (χ3v) is 6.27. The molecule has 4 rings (SSSR count). The molecule has 0 bridgehead atoms. The smallest absolute Gasteiger partial charge is 0.157 e. The van der Waals surface area contributed by atoms with Gasteiger partial charge in [0.05, 0.1) is 0 Å². The Morgan fingerprint density at radius 1 is 1.03 bits per heavy atom.